The maximum atomic E-state index is 10.1. The van der Waals surface area contributed by atoms with Crippen molar-refractivity contribution in [3.63, 3.8) is 0 Å². The predicted octanol–water partition coefficient (Wildman–Crippen LogP) is 5.84. The van der Waals surface area contributed by atoms with E-state index in [0.29, 0.717) is 17.2 Å². The second-order valence-corrected chi connectivity index (χ2v) is 6.35. The maximum absolute atomic E-state index is 10.1. The number of aromatic nitrogens is 1. The normalized spacial score (nSPS) is 10.8. The first-order chi connectivity index (χ1) is 12.7. The van der Waals surface area contributed by atoms with E-state index in [-0.39, 0.29) is 5.75 Å². The second kappa shape index (κ2) is 7.06. The highest BCUT2D eigenvalue weighted by atomic mass is 35.5. The number of fused-ring (bicyclic) bond motifs is 1. The lowest BCUT2D eigenvalue weighted by Crippen LogP contribution is -1.98. The first-order valence-corrected chi connectivity index (χ1v) is 8.64. The average molecular weight is 362 g/mol. The van der Waals surface area contributed by atoms with Crippen LogP contribution in [0.2, 0.25) is 5.02 Å². The molecule has 1 heterocycles. The van der Waals surface area contributed by atoms with Crippen molar-refractivity contribution in [3.8, 4) is 22.6 Å². The Bertz CT molecular complexity index is 1060. The fourth-order valence-corrected chi connectivity index (χ4v) is 3.00. The van der Waals surface area contributed by atoms with E-state index in [2.05, 4.69) is 4.98 Å². The molecule has 3 nitrogen and oxygen atoms in total. The molecule has 0 bridgehead atoms. The van der Waals surface area contributed by atoms with Gasteiger partial charge in [0.05, 0.1) is 16.2 Å². The Labute approximate surface area is 156 Å². The number of phenols is 1. The number of rotatable bonds is 4. The van der Waals surface area contributed by atoms with Crippen LogP contribution >= 0.6 is 11.6 Å². The lowest BCUT2D eigenvalue weighted by Gasteiger charge is -2.09. The highest BCUT2D eigenvalue weighted by Gasteiger charge is 2.08. The fourth-order valence-electron chi connectivity index (χ4n) is 2.82. The van der Waals surface area contributed by atoms with Crippen molar-refractivity contribution in [1.29, 1.82) is 0 Å². The van der Waals surface area contributed by atoms with Crippen LogP contribution < -0.4 is 4.74 Å². The quantitative estimate of drug-likeness (QED) is 0.496. The molecule has 0 fully saturated rings. The highest BCUT2D eigenvalue weighted by Crippen LogP contribution is 2.35. The third-order valence-electron chi connectivity index (χ3n) is 4.19. The van der Waals surface area contributed by atoms with Gasteiger partial charge in [0, 0.05) is 10.9 Å². The molecule has 0 aliphatic carbocycles. The van der Waals surface area contributed by atoms with E-state index in [4.69, 9.17) is 16.3 Å². The van der Waals surface area contributed by atoms with Crippen LogP contribution in [-0.2, 0) is 6.61 Å². The standard InChI is InChI=1S/C22H16ClNO2/c23-20-6-3-5-19(22(20)25)15-9-12-18(13-10-15)26-14-17-11-8-16-4-1-2-7-21(16)24-17/h1-13,25H,14H2. The average Bonchev–Trinajstić information content (AvgIpc) is 2.69. The molecule has 1 N–H and O–H groups in total. The Morgan fingerprint density at radius 2 is 1.65 bits per heavy atom. The van der Waals surface area contributed by atoms with Gasteiger partial charge in [-0.25, -0.2) is 4.98 Å². The van der Waals surface area contributed by atoms with Crippen molar-refractivity contribution in [3.05, 3.63) is 89.6 Å². The van der Waals surface area contributed by atoms with Crippen molar-refractivity contribution in [2.24, 2.45) is 0 Å². The molecule has 1 aromatic heterocycles. The zero-order valence-electron chi connectivity index (χ0n) is 13.9. The highest BCUT2D eigenvalue weighted by molar-refractivity contribution is 6.32. The summed E-state index contributed by atoms with van der Waals surface area (Å²) < 4.78 is 5.83. The van der Waals surface area contributed by atoms with Gasteiger partial charge in [-0.05, 0) is 35.9 Å². The minimum atomic E-state index is 0.0863. The van der Waals surface area contributed by atoms with E-state index in [1.165, 1.54) is 0 Å². The van der Waals surface area contributed by atoms with E-state index >= 15 is 0 Å². The first-order valence-electron chi connectivity index (χ1n) is 8.26. The Balaban J connectivity index is 1.49. The number of para-hydroxylation sites is 2. The summed E-state index contributed by atoms with van der Waals surface area (Å²) in [6.07, 6.45) is 0. The lowest BCUT2D eigenvalue weighted by molar-refractivity contribution is 0.302. The second-order valence-electron chi connectivity index (χ2n) is 5.94. The van der Waals surface area contributed by atoms with Crippen LogP contribution in [0.3, 0.4) is 0 Å². The molecule has 0 saturated heterocycles. The third kappa shape index (κ3) is 3.35. The fraction of sp³-hybridized carbons (Fsp3) is 0.0455. The molecule has 0 aliphatic rings. The van der Waals surface area contributed by atoms with E-state index in [0.717, 1.165) is 27.9 Å². The van der Waals surface area contributed by atoms with Gasteiger partial charge < -0.3 is 9.84 Å². The maximum Gasteiger partial charge on any atom is 0.141 e. The van der Waals surface area contributed by atoms with Crippen molar-refractivity contribution in [2.75, 3.05) is 0 Å². The first kappa shape index (κ1) is 16.4. The number of aromatic hydroxyl groups is 1. The molecule has 3 aromatic carbocycles. The van der Waals surface area contributed by atoms with E-state index in [1.807, 2.05) is 72.8 Å². The van der Waals surface area contributed by atoms with Crippen LogP contribution in [0.25, 0.3) is 22.0 Å². The molecule has 0 saturated carbocycles. The smallest absolute Gasteiger partial charge is 0.141 e. The van der Waals surface area contributed by atoms with Gasteiger partial charge >= 0.3 is 0 Å². The molecule has 128 valence electrons. The van der Waals surface area contributed by atoms with Crippen molar-refractivity contribution in [2.45, 2.75) is 6.61 Å². The van der Waals surface area contributed by atoms with Crippen LogP contribution in [-0.4, -0.2) is 10.1 Å². The number of hydrogen-bond acceptors (Lipinski definition) is 3. The predicted molar refractivity (Wildman–Crippen MR) is 105 cm³/mol. The summed E-state index contributed by atoms with van der Waals surface area (Å²) in [5, 5.41) is 11.5. The van der Waals surface area contributed by atoms with Gasteiger partial charge in [-0.1, -0.05) is 60.1 Å². The summed E-state index contributed by atoms with van der Waals surface area (Å²) in [6.45, 7) is 0.395. The van der Waals surface area contributed by atoms with Gasteiger partial charge in [0.25, 0.3) is 0 Å². The van der Waals surface area contributed by atoms with Crippen molar-refractivity contribution in [1.82, 2.24) is 4.98 Å². The zero-order valence-corrected chi connectivity index (χ0v) is 14.6. The SMILES string of the molecule is Oc1c(Cl)cccc1-c1ccc(OCc2ccc3ccccc3n2)cc1. The molecule has 4 heteroatoms. The zero-order chi connectivity index (χ0) is 17.9. The Hall–Kier alpha value is -3.04. The minimum absolute atomic E-state index is 0.0863. The molecule has 4 aromatic rings. The van der Waals surface area contributed by atoms with Crippen molar-refractivity contribution < 1.29 is 9.84 Å². The molecule has 0 unspecified atom stereocenters. The van der Waals surface area contributed by atoms with Gasteiger partial charge in [0.1, 0.15) is 18.1 Å². The molecule has 0 radical (unpaired) electrons. The summed E-state index contributed by atoms with van der Waals surface area (Å²) in [4.78, 5) is 4.60. The number of ether oxygens (including phenoxy) is 1. The number of pyridine rings is 1. The van der Waals surface area contributed by atoms with Crippen LogP contribution in [0.15, 0.2) is 78.9 Å². The largest absolute Gasteiger partial charge is 0.506 e. The Morgan fingerprint density at radius 1 is 0.846 bits per heavy atom. The number of benzene rings is 3. The van der Waals surface area contributed by atoms with Gasteiger partial charge in [-0.15, -0.1) is 0 Å². The summed E-state index contributed by atoms with van der Waals surface area (Å²) in [6, 6.07) is 24.9. The van der Waals surface area contributed by atoms with E-state index < -0.39 is 0 Å². The number of hydrogen-bond donors (Lipinski definition) is 1. The Kier molecular flexibility index (Phi) is 4.46. The molecule has 0 amide bonds. The Morgan fingerprint density at radius 3 is 2.50 bits per heavy atom. The van der Waals surface area contributed by atoms with E-state index in [9.17, 15) is 5.11 Å². The number of phenolic OH excluding ortho intramolecular Hbond substituents is 1. The van der Waals surface area contributed by atoms with Gasteiger partial charge in [0.15, 0.2) is 0 Å². The lowest BCUT2D eigenvalue weighted by atomic mass is 10.0. The molecule has 0 atom stereocenters. The molecular formula is C22H16ClNO2. The van der Waals surface area contributed by atoms with Gasteiger partial charge in [-0.2, -0.15) is 0 Å². The molecule has 0 spiro atoms. The van der Waals surface area contributed by atoms with E-state index in [1.54, 1.807) is 6.07 Å². The monoisotopic (exact) mass is 361 g/mol. The summed E-state index contributed by atoms with van der Waals surface area (Å²) >= 11 is 5.97. The molecule has 26 heavy (non-hydrogen) atoms. The van der Waals surface area contributed by atoms with Gasteiger partial charge in [-0.3, -0.25) is 0 Å². The van der Waals surface area contributed by atoms with Crippen LogP contribution in [0.5, 0.6) is 11.5 Å². The van der Waals surface area contributed by atoms with Crippen molar-refractivity contribution >= 4 is 22.5 Å². The summed E-state index contributed by atoms with van der Waals surface area (Å²) in [5.41, 5.74) is 3.40. The number of halogens is 1. The van der Waals surface area contributed by atoms with Crippen LogP contribution in [0, 0.1) is 0 Å². The van der Waals surface area contributed by atoms with Crippen LogP contribution in [0.1, 0.15) is 5.69 Å². The third-order valence-corrected chi connectivity index (χ3v) is 4.50. The minimum Gasteiger partial charge on any atom is -0.506 e. The summed E-state index contributed by atoms with van der Waals surface area (Å²) in [5.74, 6) is 0.827. The number of nitrogens with zero attached hydrogens (tertiary/aromatic N) is 1. The van der Waals surface area contributed by atoms with Crippen LogP contribution in [0.4, 0.5) is 0 Å². The molecular weight excluding hydrogens is 346 g/mol. The molecule has 0 aliphatic heterocycles. The summed E-state index contributed by atoms with van der Waals surface area (Å²) in [7, 11) is 0. The van der Waals surface area contributed by atoms with Gasteiger partial charge in [0.2, 0.25) is 0 Å². The molecule has 4 rings (SSSR count). The topological polar surface area (TPSA) is 42.4 Å².